The lowest BCUT2D eigenvalue weighted by Crippen LogP contribution is -2.32. The number of aliphatic hydroxyl groups excluding tert-OH is 1. The van der Waals surface area contributed by atoms with Crippen molar-refractivity contribution in [3.63, 3.8) is 0 Å². The van der Waals surface area contributed by atoms with Gasteiger partial charge in [0.25, 0.3) is 0 Å². The number of halogens is 2. The molecule has 2 aromatic rings. The number of aliphatic carboxylic acids is 2. The molecule has 0 fully saturated rings. The maximum absolute atomic E-state index is 9.87. The molecule has 1 atom stereocenters. The van der Waals surface area contributed by atoms with E-state index in [9.17, 15) is 5.11 Å². The van der Waals surface area contributed by atoms with Crippen molar-refractivity contribution in [2.75, 3.05) is 19.7 Å². The molecule has 0 aliphatic rings. The maximum Gasteiger partial charge on any atom is 0.414 e. The third-order valence-corrected chi connectivity index (χ3v) is 3.92. The molecule has 7 nitrogen and oxygen atoms in total. The van der Waals surface area contributed by atoms with E-state index in [1.807, 2.05) is 42.5 Å². The monoisotopic (exact) mass is 429 g/mol. The van der Waals surface area contributed by atoms with Gasteiger partial charge in [0.15, 0.2) is 0 Å². The number of para-hydroxylation sites is 1. The topological polar surface area (TPSA) is 116 Å². The number of benzene rings is 2. The van der Waals surface area contributed by atoms with Crippen molar-refractivity contribution in [2.24, 2.45) is 0 Å². The van der Waals surface area contributed by atoms with Crippen molar-refractivity contribution in [1.29, 1.82) is 0 Å². The van der Waals surface area contributed by atoms with E-state index < -0.39 is 18.0 Å². The second-order valence-electron chi connectivity index (χ2n) is 5.58. The fourth-order valence-electron chi connectivity index (χ4n) is 1.98. The van der Waals surface area contributed by atoms with Crippen LogP contribution in [0.1, 0.15) is 5.56 Å². The van der Waals surface area contributed by atoms with Gasteiger partial charge in [-0.25, -0.2) is 9.59 Å². The number of hydrogen-bond acceptors (Lipinski definition) is 5. The molecule has 0 saturated carbocycles. The molecule has 152 valence electrons. The zero-order valence-electron chi connectivity index (χ0n) is 14.8. The fourth-order valence-corrected chi connectivity index (χ4v) is 2.49. The first kappa shape index (κ1) is 23.7. The lowest BCUT2D eigenvalue weighted by atomic mass is 10.1. The van der Waals surface area contributed by atoms with E-state index in [0.29, 0.717) is 16.6 Å². The summed E-state index contributed by atoms with van der Waals surface area (Å²) in [4.78, 5) is 18.2. The summed E-state index contributed by atoms with van der Waals surface area (Å²) in [5, 5.41) is 29.1. The molecule has 0 spiro atoms. The summed E-state index contributed by atoms with van der Waals surface area (Å²) < 4.78 is 5.49. The van der Waals surface area contributed by atoms with Gasteiger partial charge in [0.05, 0.1) is 0 Å². The van der Waals surface area contributed by atoms with Crippen LogP contribution in [0.25, 0.3) is 0 Å². The summed E-state index contributed by atoms with van der Waals surface area (Å²) in [6, 6.07) is 14.9. The minimum Gasteiger partial charge on any atom is -0.491 e. The van der Waals surface area contributed by atoms with Crippen molar-refractivity contribution in [2.45, 2.75) is 12.5 Å². The molecule has 9 heteroatoms. The zero-order valence-corrected chi connectivity index (χ0v) is 16.4. The lowest BCUT2D eigenvalue weighted by molar-refractivity contribution is -0.159. The van der Waals surface area contributed by atoms with Gasteiger partial charge in [0.1, 0.15) is 18.5 Å². The van der Waals surface area contributed by atoms with Crippen molar-refractivity contribution in [1.82, 2.24) is 5.32 Å². The van der Waals surface area contributed by atoms with Gasteiger partial charge >= 0.3 is 11.9 Å². The van der Waals surface area contributed by atoms with Crippen LogP contribution in [0.15, 0.2) is 48.5 Å². The van der Waals surface area contributed by atoms with Gasteiger partial charge in [-0.1, -0.05) is 47.5 Å². The number of nitrogens with one attached hydrogen (secondary N) is 1. The Morgan fingerprint density at radius 3 is 2.25 bits per heavy atom. The van der Waals surface area contributed by atoms with E-state index in [4.69, 9.17) is 47.7 Å². The number of carbonyl (C=O) groups is 2. The number of aliphatic hydroxyl groups is 1. The first-order valence-corrected chi connectivity index (χ1v) is 9.02. The average Bonchev–Trinajstić information content (AvgIpc) is 2.66. The molecule has 4 N–H and O–H groups in total. The predicted molar refractivity (Wildman–Crippen MR) is 106 cm³/mol. The van der Waals surface area contributed by atoms with Crippen LogP contribution in [0, 0.1) is 0 Å². The van der Waals surface area contributed by atoms with Crippen molar-refractivity contribution in [3.8, 4) is 5.75 Å². The molecule has 0 bridgehead atoms. The summed E-state index contributed by atoms with van der Waals surface area (Å²) in [5.74, 6) is -2.89. The Labute approximate surface area is 172 Å². The first-order chi connectivity index (χ1) is 13.3. The molecule has 2 aromatic carbocycles. The van der Waals surface area contributed by atoms with Crippen LogP contribution in [-0.4, -0.2) is 53.1 Å². The molecule has 0 aliphatic heterocycles. The number of carboxylic acid groups (broad SMARTS) is 2. The van der Waals surface area contributed by atoms with E-state index in [1.54, 1.807) is 6.07 Å². The van der Waals surface area contributed by atoms with Gasteiger partial charge in [-0.3, -0.25) is 0 Å². The van der Waals surface area contributed by atoms with E-state index in [1.165, 1.54) is 0 Å². The standard InChI is InChI=1S/C17H19Cl2NO2.C2H2O4/c18-14-7-6-13(17(19)10-14)8-9-20-11-15(21)12-22-16-4-2-1-3-5-16;3-1(4)2(5)6/h1-7,10,15,20-21H,8-9,11-12H2;(H,3,4)(H,5,6). The van der Waals surface area contributed by atoms with Crippen LogP contribution in [0.3, 0.4) is 0 Å². The van der Waals surface area contributed by atoms with Crippen molar-refractivity contribution >= 4 is 35.1 Å². The van der Waals surface area contributed by atoms with E-state index in [2.05, 4.69) is 5.32 Å². The summed E-state index contributed by atoms with van der Waals surface area (Å²) in [6.45, 7) is 1.46. The summed E-state index contributed by atoms with van der Waals surface area (Å²) in [5.41, 5.74) is 1.04. The molecule has 0 radical (unpaired) electrons. The maximum atomic E-state index is 9.87. The van der Waals surface area contributed by atoms with Crippen LogP contribution in [0.5, 0.6) is 5.75 Å². The fraction of sp³-hybridized carbons (Fsp3) is 0.263. The molecule has 0 saturated heterocycles. The van der Waals surface area contributed by atoms with E-state index in [-0.39, 0.29) is 6.61 Å². The van der Waals surface area contributed by atoms with Crippen molar-refractivity contribution < 1.29 is 29.6 Å². The molecule has 2 rings (SSSR count). The summed E-state index contributed by atoms with van der Waals surface area (Å²) in [6.07, 6.45) is 0.225. The number of hydrogen-bond donors (Lipinski definition) is 4. The third-order valence-electron chi connectivity index (χ3n) is 3.33. The van der Waals surface area contributed by atoms with Gasteiger partial charge in [0.2, 0.25) is 0 Å². The highest BCUT2D eigenvalue weighted by atomic mass is 35.5. The molecular formula is C19H21Cl2NO6. The van der Waals surface area contributed by atoms with Gasteiger partial charge in [-0.15, -0.1) is 0 Å². The second kappa shape index (κ2) is 13.0. The molecule has 1 unspecified atom stereocenters. The first-order valence-electron chi connectivity index (χ1n) is 8.26. The van der Waals surface area contributed by atoms with Crippen LogP contribution in [-0.2, 0) is 16.0 Å². The Bertz CT molecular complexity index is 745. The Balaban J connectivity index is 0.000000568. The molecule has 0 amide bonds. The van der Waals surface area contributed by atoms with Crippen LogP contribution < -0.4 is 10.1 Å². The summed E-state index contributed by atoms with van der Waals surface area (Å²) >= 11 is 12.0. The van der Waals surface area contributed by atoms with Gasteiger partial charge in [-0.2, -0.15) is 0 Å². The van der Waals surface area contributed by atoms with Crippen LogP contribution >= 0.6 is 23.2 Å². The summed E-state index contributed by atoms with van der Waals surface area (Å²) in [7, 11) is 0. The van der Waals surface area contributed by atoms with Crippen LogP contribution in [0.4, 0.5) is 0 Å². The van der Waals surface area contributed by atoms with E-state index >= 15 is 0 Å². The van der Waals surface area contributed by atoms with Gasteiger partial charge in [-0.05, 0) is 42.8 Å². The quantitative estimate of drug-likeness (QED) is 0.376. The Morgan fingerprint density at radius 1 is 1.04 bits per heavy atom. The second-order valence-corrected chi connectivity index (χ2v) is 6.42. The van der Waals surface area contributed by atoms with Gasteiger partial charge < -0.3 is 25.4 Å². The zero-order chi connectivity index (χ0) is 20.9. The minimum atomic E-state index is -1.82. The van der Waals surface area contributed by atoms with Gasteiger partial charge in [0, 0.05) is 16.6 Å². The number of ether oxygens (including phenoxy) is 1. The Morgan fingerprint density at radius 2 is 1.68 bits per heavy atom. The Hall–Kier alpha value is -2.32. The smallest absolute Gasteiger partial charge is 0.414 e. The average molecular weight is 430 g/mol. The number of rotatable bonds is 8. The highest BCUT2D eigenvalue weighted by Crippen LogP contribution is 2.21. The highest BCUT2D eigenvalue weighted by Gasteiger charge is 2.06. The number of carboxylic acids is 2. The lowest BCUT2D eigenvalue weighted by Gasteiger charge is -2.13. The van der Waals surface area contributed by atoms with Crippen LogP contribution in [0.2, 0.25) is 10.0 Å². The molecular weight excluding hydrogens is 409 g/mol. The molecule has 0 heterocycles. The molecule has 28 heavy (non-hydrogen) atoms. The normalized spacial score (nSPS) is 11.1. The molecule has 0 aromatic heterocycles. The largest absolute Gasteiger partial charge is 0.491 e. The minimum absolute atomic E-state index is 0.263. The SMILES string of the molecule is O=C(O)C(=O)O.OC(CNCCc1ccc(Cl)cc1Cl)COc1ccccc1. The molecule has 0 aliphatic carbocycles. The third kappa shape index (κ3) is 10.1. The van der Waals surface area contributed by atoms with Crippen molar-refractivity contribution in [3.05, 3.63) is 64.1 Å². The Kier molecular flexibility index (Phi) is 11.0. The predicted octanol–water partition coefficient (Wildman–Crippen LogP) is 2.72. The highest BCUT2D eigenvalue weighted by molar-refractivity contribution is 6.35. The van der Waals surface area contributed by atoms with E-state index in [0.717, 1.165) is 24.3 Å².